The number of carbonyl (C=O) groups is 1. The second kappa shape index (κ2) is 5.53. The van der Waals surface area contributed by atoms with E-state index < -0.39 is 5.60 Å². The number of nitrogens with one attached hydrogen (secondary N) is 1. The van der Waals surface area contributed by atoms with Crippen molar-refractivity contribution >= 4 is 5.91 Å². The highest BCUT2D eigenvalue weighted by Gasteiger charge is 2.32. The maximum Gasteiger partial charge on any atom is 0.251 e. The summed E-state index contributed by atoms with van der Waals surface area (Å²) in [5, 5.41) is 2.90. The monoisotopic (exact) mass is 249 g/mol. The van der Waals surface area contributed by atoms with Gasteiger partial charge in [-0.3, -0.25) is 4.79 Å². The first-order valence-corrected chi connectivity index (χ1v) is 6.23. The lowest BCUT2D eigenvalue weighted by Crippen LogP contribution is -2.47. The van der Waals surface area contributed by atoms with Gasteiger partial charge in [-0.1, -0.05) is 30.3 Å². The molecule has 0 saturated heterocycles. The van der Waals surface area contributed by atoms with E-state index in [2.05, 4.69) is 5.32 Å². The molecule has 0 fully saturated rings. The molecule has 0 aliphatic rings. The van der Waals surface area contributed by atoms with Crippen molar-refractivity contribution < 1.29 is 9.53 Å². The van der Waals surface area contributed by atoms with Crippen LogP contribution >= 0.6 is 0 Å². The fraction of sp³-hybridized carbons (Fsp3) is 0.533. The average molecular weight is 249 g/mol. The average Bonchev–Trinajstić information content (AvgIpc) is 2.24. The van der Waals surface area contributed by atoms with Gasteiger partial charge in [0.1, 0.15) is 5.60 Å². The Morgan fingerprint density at radius 1 is 1.11 bits per heavy atom. The summed E-state index contributed by atoms with van der Waals surface area (Å²) in [5.41, 5.74) is -0.0851. The van der Waals surface area contributed by atoms with E-state index >= 15 is 0 Å². The number of ether oxygens (including phenoxy) is 1. The molecule has 1 aromatic carbocycles. The molecule has 3 heteroatoms. The van der Waals surface area contributed by atoms with Crippen molar-refractivity contribution in [2.24, 2.45) is 0 Å². The molecule has 0 bridgehead atoms. The number of amides is 1. The van der Waals surface area contributed by atoms with E-state index in [1.54, 1.807) is 13.8 Å². The summed E-state index contributed by atoms with van der Waals surface area (Å²) in [5.74, 6) is -0.0960. The Hall–Kier alpha value is -1.35. The van der Waals surface area contributed by atoms with E-state index in [9.17, 15) is 4.79 Å². The summed E-state index contributed by atoms with van der Waals surface area (Å²) in [6.07, 6.45) is 0. The summed E-state index contributed by atoms with van der Waals surface area (Å²) in [6, 6.07) is 9.84. The Kier molecular flexibility index (Phi) is 4.52. The van der Waals surface area contributed by atoms with E-state index in [0.717, 1.165) is 5.56 Å². The van der Waals surface area contributed by atoms with Crippen LogP contribution in [0.4, 0.5) is 0 Å². The van der Waals surface area contributed by atoms with E-state index in [4.69, 9.17) is 4.74 Å². The van der Waals surface area contributed by atoms with Crippen molar-refractivity contribution in [2.45, 2.75) is 52.4 Å². The van der Waals surface area contributed by atoms with Gasteiger partial charge in [-0.25, -0.2) is 0 Å². The minimum atomic E-state index is -0.826. The maximum atomic E-state index is 12.1. The highest BCUT2D eigenvalue weighted by molar-refractivity contribution is 5.84. The second-order valence-corrected chi connectivity index (χ2v) is 5.89. The summed E-state index contributed by atoms with van der Waals surface area (Å²) >= 11 is 0. The van der Waals surface area contributed by atoms with E-state index in [1.807, 2.05) is 51.1 Å². The van der Waals surface area contributed by atoms with Crippen LogP contribution < -0.4 is 5.32 Å². The lowest BCUT2D eigenvalue weighted by atomic mass is 10.1. The zero-order valence-electron chi connectivity index (χ0n) is 11.9. The molecule has 0 spiro atoms. The van der Waals surface area contributed by atoms with Gasteiger partial charge in [0.05, 0.1) is 5.60 Å². The molecular weight excluding hydrogens is 226 g/mol. The van der Waals surface area contributed by atoms with Crippen molar-refractivity contribution in [2.75, 3.05) is 0 Å². The van der Waals surface area contributed by atoms with Gasteiger partial charge in [-0.05, 0) is 40.2 Å². The third-order valence-corrected chi connectivity index (χ3v) is 2.40. The van der Waals surface area contributed by atoms with Crippen LogP contribution in [0, 0.1) is 0 Å². The molecule has 1 aromatic rings. The normalized spacial score (nSPS) is 12.3. The van der Waals surface area contributed by atoms with Crippen LogP contribution in [0.2, 0.25) is 0 Å². The molecule has 1 N–H and O–H groups in total. The molecule has 3 nitrogen and oxygen atoms in total. The SMILES string of the molecule is CC(C)(C)OC(C)(C)C(=O)NCc1ccccc1. The fourth-order valence-electron chi connectivity index (χ4n) is 1.80. The first kappa shape index (κ1) is 14.7. The molecule has 1 amide bonds. The minimum absolute atomic E-state index is 0.0960. The Morgan fingerprint density at radius 2 is 1.67 bits per heavy atom. The van der Waals surface area contributed by atoms with Crippen LogP contribution in [0.5, 0.6) is 0 Å². The predicted octanol–water partition coefficient (Wildman–Crippen LogP) is 2.90. The Labute approximate surface area is 110 Å². The molecule has 0 radical (unpaired) electrons. The van der Waals surface area contributed by atoms with E-state index in [0.29, 0.717) is 6.54 Å². The van der Waals surface area contributed by atoms with Crippen molar-refractivity contribution in [3.05, 3.63) is 35.9 Å². The highest BCUT2D eigenvalue weighted by Crippen LogP contribution is 2.19. The molecule has 0 unspecified atom stereocenters. The predicted molar refractivity (Wildman–Crippen MR) is 73.2 cm³/mol. The van der Waals surface area contributed by atoms with Crippen LogP contribution in [0.25, 0.3) is 0 Å². The number of carbonyl (C=O) groups excluding carboxylic acids is 1. The lowest BCUT2D eigenvalue weighted by Gasteiger charge is -2.32. The van der Waals surface area contributed by atoms with Crippen molar-refractivity contribution in [3.8, 4) is 0 Å². The van der Waals surface area contributed by atoms with E-state index in [-0.39, 0.29) is 11.5 Å². The third kappa shape index (κ3) is 4.88. The van der Waals surface area contributed by atoms with Gasteiger partial charge in [-0.15, -0.1) is 0 Å². The molecule has 1 rings (SSSR count). The van der Waals surface area contributed by atoms with Crippen LogP contribution in [0.3, 0.4) is 0 Å². The molecule has 18 heavy (non-hydrogen) atoms. The molecule has 0 atom stereocenters. The summed E-state index contributed by atoms with van der Waals surface area (Å²) < 4.78 is 5.76. The van der Waals surface area contributed by atoms with Crippen LogP contribution in [0.15, 0.2) is 30.3 Å². The van der Waals surface area contributed by atoms with Crippen LogP contribution in [-0.4, -0.2) is 17.1 Å². The second-order valence-electron chi connectivity index (χ2n) is 5.89. The van der Waals surface area contributed by atoms with Crippen LogP contribution in [-0.2, 0) is 16.1 Å². The van der Waals surface area contributed by atoms with Gasteiger partial charge in [0, 0.05) is 6.54 Å². The lowest BCUT2D eigenvalue weighted by molar-refractivity contribution is -0.159. The zero-order valence-corrected chi connectivity index (χ0v) is 11.9. The molecule has 0 aliphatic carbocycles. The van der Waals surface area contributed by atoms with Gasteiger partial charge in [0.2, 0.25) is 0 Å². The molecule has 0 aliphatic heterocycles. The number of rotatable bonds is 4. The molecule has 100 valence electrons. The molecule has 0 saturated carbocycles. The van der Waals surface area contributed by atoms with Crippen LogP contribution in [0.1, 0.15) is 40.2 Å². The highest BCUT2D eigenvalue weighted by atomic mass is 16.5. The summed E-state index contributed by atoms with van der Waals surface area (Å²) in [4.78, 5) is 12.1. The van der Waals surface area contributed by atoms with Gasteiger partial charge >= 0.3 is 0 Å². The van der Waals surface area contributed by atoms with E-state index in [1.165, 1.54) is 0 Å². The molecule has 0 heterocycles. The largest absolute Gasteiger partial charge is 0.360 e. The zero-order chi connectivity index (χ0) is 13.8. The van der Waals surface area contributed by atoms with Crippen molar-refractivity contribution in [1.29, 1.82) is 0 Å². The number of benzene rings is 1. The third-order valence-electron chi connectivity index (χ3n) is 2.40. The number of hydrogen-bond acceptors (Lipinski definition) is 2. The Balaban J connectivity index is 2.55. The maximum absolute atomic E-state index is 12.1. The number of hydrogen-bond donors (Lipinski definition) is 1. The first-order valence-electron chi connectivity index (χ1n) is 6.23. The molecular formula is C15H23NO2. The topological polar surface area (TPSA) is 38.3 Å². The van der Waals surface area contributed by atoms with Gasteiger partial charge in [-0.2, -0.15) is 0 Å². The summed E-state index contributed by atoms with van der Waals surface area (Å²) in [6.45, 7) is 9.94. The van der Waals surface area contributed by atoms with Crippen molar-refractivity contribution in [3.63, 3.8) is 0 Å². The molecule has 0 aromatic heterocycles. The van der Waals surface area contributed by atoms with Crippen molar-refractivity contribution in [1.82, 2.24) is 5.32 Å². The first-order chi connectivity index (χ1) is 8.21. The Bertz CT molecular complexity index is 391. The Morgan fingerprint density at radius 3 is 2.17 bits per heavy atom. The smallest absolute Gasteiger partial charge is 0.251 e. The quantitative estimate of drug-likeness (QED) is 0.891. The van der Waals surface area contributed by atoms with Gasteiger partial charge < -0.3 is 10.1 Å². The summed E-state index contributed by atoms with van der Waals surface area (Å²) in [7, 11) is 0. The van der Waals surface area contributed by atoms with Gasteiger partial charge in [0.15, 0.2) is 0 Å². The standard InChI is InChI=1S/C15H23NO2/c1-14(2,3)18-15(4,5)13(17)16-11-12-9-7-6-8-10-12/h6-10H,11H2,1-5H3,(H,16,17). The fourth-order valence-corrected chi connectivity index (χ4v) is 1.80. The van der Waals surface area contributed by atoms with Gasteiger partial charge in [0.25, 0.3) is 5.91 Å². The minimum Gasteiger partial charge on any atom is -0.360 e.